The van der Waals surface area contributed by atoms with E-state index >= 15 is 0 Å². The number of methoxy groups -OCH3 is 1. The van der Waals surface area contributed by atoms with Crippen LogP contribution in [0.1, 0.15) is 38.9 Å². The zero-order chi connectivity index (χ0) is 19.3. The third kappa shape index (κ3) is 4.56. The third-order valence-electron chi connectivity index (χ3n) is 4.71. The number of nitrogens with zero attached hydrogens (tertiary/aromatic N) is 4. The number of carbonyl (C=O) groups excluding carboxylic acids is 1. The lowest BCUT2D eigenvalue weighted by Gasteiger charge is -2.46. The van der Waals surface area contributed by atoms with Gasteiger partial charge in [0.2, 0.25) is 5.91 Å². The molecule has 0 radical (unpaired) electrons. The van der Waals surface area contributed by atoms with Gasteiger partial charge in [-0.2, -0.15) is 0 Å². The van der Waals surface area contributed by atoms with Crippen LogP contribution in [0.15, 0.2) is 18.6 Å². The standard InChI is InChI=1S/C18H28N4O4/c1-12(2)17(23)22-13(3)10-21(11-16(22)18(24)25)15(5-8-26-4)14-9-19-6-7-20-14/h6-7,9,12-13,15-16H,5,8,10-11H2,1-4H3,(H,24,25)/t13-,15-,16-/m1/s1. The van der Waals surface area contributed by atoms with Gasteiger partial charge in [-0.05, 0) is 13.3 Å². The molecular weight excluding hydrogens is 336 g/mol. The van der Waals surface area contributed by atoms with Crippen molar-refractivity contribution < 1.29 is 19.4 Å². The quantitative estimate of drug-likeness (QED) is 0.776. The highest BCUT2D eigenvalue weighted by Gasteiger charge is 2.42. The SMILES string of the molecule is COCC[C@H](c1cnccn1)N1C[C@@H](C)N(C(=O)C(C)C)[C@@H](C(=O)O)C1. The molecule has 3 atom stereocenters. The van der Waals surface area contributed by atoms with Gasteiger partial charge in [-0.15, -0.1) is 0 Å². The minimum Gasteiger partial charge on any atom is -0.480 e. The van der Waals surface area contributed by atoms with Crippen molar-refractivity contribution in [1.29, 1.82) is 0 Å². The maximum Gasteiger partial charge on any atom is 0.327 e. The average molecular weight is 364 g/mol. The average Bonchev–Trinajstić information content (AvgIpc) is 2.61. The van der Waals surface area contributed by atoms with E-state index in [-0.39, 0.29) is 30.5 Å². The number of amides is 1. The molecule has 1 amide bonds. The molecule has 0 bridgehead atoms. The predicted molar refractivity (Wildman–Crippen MR) is 95.4 cm³/mol. The molecule has 1 aliphatic heterocycles. The number of hydrogen-bond donors (Lipinski definition) is 1. The zero-order valence-electron chi connectivity index (χ0n) is 15.8. The molecule has 1 aromatic heterocycles. The predicted octanol–water partition coefficient (Wildman–Crippen LogP) is 1.20. The molecule has 1 saturated heterocycles. The molecule has 0 aromatic carbocycles. The van der Waals surface area contributed by atoms with E-state index in [1.54, 1.807) is 39.5 Å². The van der Waals surface area contributed by atoms with Gasteiger partial charge in [0.15, 0.2) is 0 Å². The fourth-order valence-electron chi connectivity index (χ4n) is 3.47. The monoisotopic (exact) mass is 364 g/mol. The number of piperazine rings is 1. The van der Waals surface area contributed by atoms with Crippen molar-refractivity contribution in [2.75, 3.05) is 26.8 Å². The molecule has 0 spiro atoms. The van der Waals surface area contributed by atoms with E-state index in [4.69, 9.17) is 4.74 Å². The summed E-state index contributed by atoms with van der Waals surface area (Å²) >= 11 is 0. The number of hydrogen-bond acceptors (Lipinski definition) is 6. The van der Waals surface area contributed by atoms with Gasteiger partial charge in [0.25, 0.3) is 0 Å². The number of carbonyl (C=O) groups is 2. The summed E-state index contributed by atoms with van der Waals surface area (Å²) in [5.41, 5.74) is 0.782. The van der Waals surface area contributed by atoms with Gasteiger partial charge in [-0.1, -0.05) is 13.8 Å². The molecule has 2 heterocycles. The van der Waals surface area contributed by atoms with Crippen molar-refractivity contribution in [3.05, 3.63) is 24.3 Å². The molecular formula is C18H28N4O4. The molecule has 8 nitrogen and oxygen atoms in total. The Morgan fingerprint density at radius 3 is 2.62 bits per heavy atom. The van der Waals surface area contributed by atoms with Crippen molar-refractivity contribution in [3.63, 3.8) is 0 Å². The van der Waals surface area contributed by atoms with Gasteiger partial charge < -0.3 is 14.7 Å². The van der Waals surface area contributed by atoms with Crippen LogP contribution in [-0.4, -0.2) is 75.6 Å². The lowest BCUT2D eigenvalue weighted by molar-refractivity contribution is -0.159. The molecule has 0 saturated carbocycles. The van der Waals surface area contributed by atoms with E-state index in [1.807, 2.05) is 6.92 Å². The Hall–Kier alpha value is -2.06. The summed E-state index contributed by atoms with van der Waals surface area (Å²) < 4.78 is 5.22. The summed E-state index contributed by atoms with van der Waals surface area (Å²) in [6.07, 6.45) is 5.61. The highest BCUT2D eigenvalue weighted by molar-refractivity contribution is 5.85. The van der Waals surface area contributed by atoms with Crippen LogP contribution in [0.2, 0.25) is 0 Å². The molecule has 0 aliphatic carbocycles. The summed E-state index contributed by atoms with van der Waals surface area (Å²) in [5, 5.41) is 9.73. The van der Waals surface area contributed by atoms with Crippen LogP contribution >= 0.6 is 0 Å². The Balaban J connectivity index is 2.28. The maximum absolute atomic E-state index is 12.5. The molecule has 144 valence electrons. The fraction of sp³-hybridized carbons (Fsp3) is 0.667. The Morgan fingerprint density at radius 2 is 2.08 bits per heavy atom. The third-order valence-corrected chi connectivity index (χ3v) is 4.71. The number of aliphatic carboxylic acids is 1. The zero-order valence-corrected chi connectivity index (χ0v) is 15.8. The number of carboxylic acids is 1. The van der Waals surface area contributed by atoms with Crippen molar-refractivity contribution in [2.24, 2.45) is 5.92 Å². The first-order valence-corrected chi connectivity index (χ1v) is 8.90. The van der Waals surface area contributed by atoms with Crippen LogP contribution in [0.25, 0.3) is 0 Å². The summed E-state index contributed by atoms with van der Waals surface area (Å²) in [5.74, 6) is -1.35. The Kier molecular flexibility index (Phi) is 7.05. The number of carboxylic acid groups (broad SMARTS) is 1. The molecule has 1 aromatic rings. The highest BCUT2D eigenvalue weighted by atomic mass is 16.5. The first-order valence-electron chi connectivity index (χ1n) is 8.90. The highest BCUT2D eigenvalue weighted by Crippen LogP contribution is 2.28. The maximum atomic E-state index is 12.5. The Labute approximate surface area is 154 Å². The van der Waals surface area contributed by atoms with Gasteiger partial charge in [-0.3, -0.25) is 19.7 Å². The first-order chi connectivity index (χ1) is 12.4. The van der Waals surface area contributed by atoms with E-state index in [9.17, 15) is 14.7 Å². The van der Waals surface area contributed by atoms with E-state index in [1.165, 1.54) is 4.90 Å². The van der Waals surface area contributed by atoms with E-state index in [2.05, 4.69) is 14.9 Å². The topological polar surface area (TPSA) is 95.9 Å². The second-order valence-electron chi connectivity index (χ2n) is 6.98. The second-order valence-corrected chi connectivity index (χ2v) is 6.98. The summed E-state index contributed by atoms with van der Waals surface area (Å²) in [6, 6.07) is -1.19. The molecule has 1 aliphatic rings. The Morgan fingerprint density at radius 1 is 1.35 bits per heavy atom. The summed E-state index contributed by atoms with van der Waals surface area (Å²) in [6.45, 7) is 6.84. The number of aromatic nitrogens is 2. The lowest BCUT2D eigenvalue weighted by atomic mass is 9.99. The largest absolute Gasteiger partial charge is 0.480 e. The van der Waals surface area contributed by atoms with Crippen molar-refractivity contribution >= 4 is 11.9 Å². The van der Waals surface area contributed by atoms with Gasteiger partial charge >= 0.3 is 5.97 Å². The van der Waals surface area contributed by atoms with Crippen molar-refractivity contribution in [1.82, 2.24) is 19.8 Å². The van der Waals surface area contributed by atoms with Crippen LogP contribution in [0, 0.1) is 5.92 Å². The molecule has 0 unspecified atom stereocenters. The lowest BCUT2D eigenvalue weighted by Crippen LogP contribution is -2.63. The van der Waals surface area contributed by atoms with Crippen LogP contribution in [0.4, 0.5) is 0 Å². The minimum atomic E-state index is -0.986. The fourth-order valence-corrected chi connectivity index (χ4v) is 3.47. The molecule has 2 rings (SSSR count). The molecule has 1 fully saturated rings. The van der Waals surface area contributed by atoms with Gasteiger partial charge in [-0.25, -0.2) is 4.79 Å². The van der Waals surface area contributed by atoms with Gasteiger partial charge in [0.05, 0.1) is 11.7 Å². The van der Waals surface area contributed by atoms with Crippen LogP contribution in [0.3, 0.4) is 0 Å². The summed E-state index contributed by atoms with van der Waals surface area (Å²) in [7, 11) is 1.63. The van der Waals surface area contributed by atoms with Crippen molar-refractivity contribution in [3.8, 4) is 0 Å². The van der Waals surface area contributed by atoms with Crippen LogP contribution in [-0.2, 0) is 14.3 Å². The van der Waals surface area contributed by atoms with Gasteiger partial charge in [0.1, 0.15) is 6.04 Å². The van der Waals surface area contributed by atoms with E-state index in [0.29, 0.717) is 19.6 Å². The number of rotatable bonds is 7. The smallest absolute Gasteiger partial charge is 0.327 e. The van der Waals surface area contributed by atoms with Crippen molar-refractivity contribution in [2.45, 2.75) is 45.3 Å². The molecule has 8 heteroatoms. The molecule has 26 heavy (non-hydrogen) atoms. The Bertz CT molecular complexity index is 610. The van der Waals surface area contributed by atoms with Gasteiger partial charge in [0, 0.05) is 57.4 Å². The second kappa shape index (κ2) is 9.05. The first kappa shape index (κ1) is 20.3. The summed E-state index contributed by atoms with van der Waals surface area (Å²) in [4.78, 5) is 36.6. The minimum absolute atomic E-state index is 0.107. The van der Waals surface area contributed by atoms with Crippen LogP contribution in [0.5, 0.6) is 0 Å². The number of ether oxygens (including phenoxy) is 1. The normalized spacial score (nSPS) is 22.4. The van der Waals surface area contributed by atoms with E-state index in [0.717, 1.165) is 5.69 Å². The van der Waals surface area contributed by atoms with Crippen LogP contribution < -0.4 is 0 Å². The van der Waals surface area contributed by atoms with E-state index < -0.39 is 12.0 Å². The molecule has 1 N–H and O–H groups in total.